The van der Waals surface area contributed by atoms with E-state index >= 15 is 0 Å². The molecule has 1 aliphatic rings. The van der Waals surface area contributed by atoms with Crippen molar-refractivity contribution in [3.05, 3.63) is 51.2 Å². The van der Waals surface area contributed by atoms with Gasteiger partial charge in [0.1, 0.15) is 4.88 Å². The molecule has 25 heavy (non-hydrogen) atoms. The standard InChI is InChI=1S/C18H18N2O4S/c19-17(22)11-5-7-13(8-6-11)20-16(21)10-24-18(23)15-9-12-3-1-2-4-14(12)25-15/h5-9H,1-4,10H2,(H2,19,22)(H,20,21). The van der Waals surface area contributed by atoms with Crippen molar-refractivity contribution in [1.29, 1.82) is 0 Å². The van der Waals surface area contributed by atoms with E-state index in [2.05, 4.69) is 5.32 Å². The number of thiophene rings is 1. The van der Waals surface area contributed by atoms with Crippen LogP contribution in [0.4, 0.5) is 5.69 Å². The average Bonchev–Trinajstić information content (AvgIpc) is 3.04. The highest BCUT2D eigenvalue weighted by atomic mass is 32.1. The normalized spacial score (nSPS) is 13.0. The van der Waals surface area contributed by atoms with Gasteiger partial charge in [-0.25, -0.2) is 4.79 Å². The number of hydrogen-bond donors (Lipinski definition) is 2. The van der Waals surface area contributed by atoms with Crippen LogP contribution in [0.25, 0.3) is 0 Å². The molecule has 0 unspecified atom stereocenters. The molecule has 1 aliphatic carbocycles. The fourth-order valence-electron chi connectivity index (χ4n) is 2.71. The molecule has 1 aromatic carbocycles. The summed E-state index contributed by atoms with van der Waals surface area (Å²) < 4.78 is 5.09. The SMILES string of the molecule is NC(=O)c1ccc(NC(=O)COC(=O)c2cc3c(s2)CCCC3)cc1. The zero-order chi connectivity index (χ0) is 17.8. The molecule has 1 heterocycles. The van der Waals surface area contributed by atoms with Gasteiger partial charge in [0.25, 0.3) is 5.91 Å². The van der Waals surface area contributed by atoms with Crippen LogP contribution in [0.1, 0.15) is 43.3 Å². The first-order chi connectivity index (χ1) is 12.0. The predicted molar refractivity (Wildman–Crippen MR) is 94.8 cm³/mol. The second-order valence-electron chi connectivity index (χ2n) is 5.83. The first-order valence-corrected chi connectivity index (χ1v) is 8.83. The van der Waals surface area contributed by atoms with Gasteiger partial charge < -0.3 is 15.8 Å². The molecule has 0 bridgehead atoms. The van der Waals surface area contributed by atoms with Crippen molar-refractivity contribution >= 4 is 34.8 Å². The topological polar surface area (TPSA) is 98.5 Å². The molecule has 2 amide bonds. The van der Waals surface area contributed by atoms with E-state index in [0.29, 0.717) is 16.1 Å². The fraction of sp³-hybridized carbons (Fsp3) is 0.278. The summed E-state index contributed by atoms with van der Waals surface area (Å²) in [5, 5.41) is 2.60. The summed E-state index contributed by atoms with van der Waals surface area (Å²) in [6, 6.07) is 8.03. The Morgan fingerprint density at radius 3 is 2.52 bits per heavy atom. The second kappa shape index (κ2) is 7.48. The van der Waals surface area contributed by atoms with Crippen LogP contribution in [0.2, 0.25) is 0 Å². The van der Waals surface area contributed by atoms with Crippen LogP contribution >= 0.6 is 11.3 Å². The van der Waals surface area contributed by atoms with Gasteiger partial charge in [0.15, 0.2) is 6.61 Å². The number of fused-ring (bicyclic) bond motifs is 1. The van der Waals surface area contributed by atoms with Gasteiger partial charge in [-0.05, 0) is 61.6 Å². The number of carbonyl (C=O) groups excluding carboxylic acids is 3. The highest BCUT2D eigenvalue weighted by molar-refractivity contribution is 7.14. The molecular weight excluding hydrogens is 340 g/mol. The molecule has 0 saturated heterocycles. The molecule has 0 spiro atoms. The molecule has 1 aromatic heterocycles. The van der Waals surface area contributed by atoms with Crippen molar-refractivity contribution in [2.75, 3.05) is 11.9 Å². The predicted octanol–water partition coefficient (Wildman–Crippen LogP) is 2.52. The number of hydrogen-bond acceptors (Lipinski definition) is 5. The summed E-state index contributed by atoms with van der Waals surface area (Å²) in [7, 11) is 0. The van der Waals surface area contributed by atoms with E-state index in [0.717, 1.165) is 25.7 Å². The van der Waals surface area contributed by atoms with Crippen molar-refractivity contribution in [3.63, 3.8) is 0 Å². The van der Waals surface area contributed by atoms with Crippen LogP contribution < -0.4 is 11.1 Å². The quantitative estimate of drug-likeness (QED) is 0.802. The van der Waals surface area contributed by atoms with Gasteiger partial charge in [0.05, 0.1) is 0 Å². The highest BCUT2D eigenvalue weighted by Crippen LogP contribution is 2.30. The van der Waals surface area contributed by atoms with Crippen molar-refractivity contribution in [3.8, 4) is 0 Å². The third-order valence-corrected chi connectivity index (χ3v) is 5.20. The minimum atomic E-state index is -0.537. The number of aryl methyl sites for hydroxylation is 2. The number of anilines is 1. The van der Waals surface area contributed by atoms with E-state index in [9.17, 15) is 14.4 Å². The van der Waals surface area contributed by atoms with Crippen molar-refractivity contribution in [1.82, 2.24) is 0 Å². The molecule has 3 N–H and O–H groups in total. The monoisotopic (exact) mass is 358 g/mol. The summed E-state index contributed by atoms with van der Waals surface area (Å²) in [5.41, 5.74) is 7.23. The van der Waals surface area contributed by atoms with E-state index < -0.39 is 17.8 Å². The van der Waals surface area contributed by atoms with Crippen LogP contribution in [0, 0.1) is 0 Å². The van der Waals surface area contributed by atoms with E-state index in [4.69, 9.17) is 10.5 Å². The van der Waals surface area contributed by atoms with Gasteiger partial charge in [-0.3, -0.25) is 9.59 Å². The number of amides is 2. The Hall–Kier alpha value is -2.67. The Morgan fingerprint density at radius 1 is 1.12 bits per heavy atom. The maximum Gasteiger partial charge on any atom is 0.348 e. The van der Waals surface area contributed by atoms with Crippen LogP contribution in [-0.4, -0.2) is 24.4 Å². The number of esters is 1. The van der Waals surface area contributed by atoms with E-state index in [1.165, 1.54) is 33.9 Å². The zero-order valence-electron chi connectivity index (χ0n) is 13.5. The minimum Gasteiger partial charge on any atom is -0.451 e. The first kappa shape index (κ1) is 17.2. The molecule has 0 atom stereocenters. The first-order valence-electron chi connectivity index (χ1n) is 8.01. The van der Waals surface area contributed by atoms with Crippen molar-refractivity contribution in [2.45, 2.75) is 25.7 Å². The smallest absolute Gasteiger partial charge is 0.348 e. The largest absolute Gasteiger partial charge is 0.451 e. The Labute approximate surface area is 149 Å². The molecular formula is C18H18N2O4S. The minimum absolute atomic E-state index is 0.353. The number of ether oxygens (including phenoxy) is 1. The molecule has 0 saturated carbocycles. The molecule has 130 valence electrons. The number of nitrogens with two attached hydrogens (primary N) is 1. The molecule has 7 heteroatoms. The van der Waals surface area contributed by atoms with Gasteiger partial charge in [-0.2, -0.15) is 0 Å². The third-order valence-electron chi connectivity index (χ3n) is 3.99. The summed E-state index contributed by atoms with van der Waals surface area (Å²) >= 11 is 1.45. The van der Waals surface area contributed by atoms with Gasteiger partial charge in [0.2, 0.25) is 5.91 Å². The Morgan fingerprint density at radius 2 is 1.84 bits per heavy atom. The highest BCUT2D eigenvalue weighted by Gasteiger charge is 2.19. The fourth-order valence-corrected chi connectivity index (χ4v) is 3.86. The summed E-state index contributed by atoms with van der Waals surface area (Å²) in [6.07, 6.45) is 4.31. The van der Waals surface area contributed by atoms with E-state index in [1.54, 1.807) is 12.1 Å². The van der Waals surface area contributed by atoms with Crippen LogP contribution in [0.3, 0.4) is 0 Å². The van der Waals surface area contributed by atoms with Crippen LogP contribution in [0.15, 0.2) is 30.3 Å². The second-order valence-corrected chi connectivity index (χ2v) is 6.97. The van der Waals surface area contributed by atoms with E-state index in [1.807, 2.05) is 6.07 Å². The lowest BCUT2D eigenvalue weighted by atomic mass is 9.99. The molecule has 2 aromatic rings. The molecule has 0 radical (unpaired) electrons. The number of nitrogens with one attached hydrogen (secondary N) is 1. The van der Waals surface area contributed by atoms with Gasteiger partial charge >= 0.3 is 5.97 Å². The number of primary amides is 1. The maximum absolute atomic E-state index is 12.1. The van der Waals surface area contributed by atoms with Gasteiger partial charge in [-0.15, -0.1) is 11.3 Å². The Balaban J connectivity index is 1.52. The molecule has 0 fully saturated rings. The third kappa shape index (κ3) is 4.24. The average molecular weight is 358 g/mol. The van der Waals surface area contributed by atoms with E-state index in [-0.39, 0.29) is 6.61 Å². The van der Waals surface area contributed by atoms with Gasteiger partial charge in [0, 0.05) is 16.1 Å². The van der Waals surface area contributed by atoms with Crippen LogP contribution in [0.5, 0.6) is 0 Å². The lowest BCUT2D eigenvalue weighted by Crippen LogP contribution is -2.20. The Bertz CT molecular complexity index is 787. The van der Waals surface area contributed by atoms with Crippen molar-refractivity contribution < 1.29 is 19.1 Å². The Kier molecular flexibility index (Phi) is 5.14. The van der Waals surface area contributed by atoms with Crippen LogP contribution in [-0.2, 0) is 22.4 Å². The lowest BCUT2D eigenvalue weighted by Gasteiger charge is -2.08. The molecule has 6 nitrogen and oxygen atoms in total. The summed E-state index contributed by atoms with van der Waals surface area (Å²) in [6.45, 7) is -0.362. The maximum atomic E-state index is 12.1. The number of carbonyl (C=O) groups is 3. The summed E-state index contributed by atoms with van der Waals surface area (Å²) in [5.74, 6) is -1.45. The number of rotatable bonds is 5. The molecule has 0 aliphatic heterocycles. The summed E-state index contributed by atoms with van der Waals surface area (Å²) in [4.78, 5) is 36.8. The van der Waals surface area contributed by atoms with Crippen molar-refractivity contribution in [2.24, 2.45) is 5.73 Å². The molecule has 3 rings (SSSR count). The zero-order valence-corrected chi connectivity index (χ0v) is 14.4. The lowest BCUT2D eigenvalue weighted by molar-refractivity contribution is -0.119. The van der Waals surface area contributed by atoms with Gasteiger partial charge in [-0.1, -0.05) is 0 Å². The number of benzene rings is 1.